The van der Waals surface area contributed by atoms with Crippen LogP contribution in [0.4, 0.5) is 4.39 Å². The van der Waals surface area contributed by atoms with Gasteiger partial charge in [-0.2, -0.15) is 0 Å². The number of rotatable bonds is 4. The number of methoxy groups -OCH3 is 1. The third kappa shape index (κ3) is 2.69. The van der Waals surface area contributed by atoms with Gasteiger partial charge in [-0.25, -0.2) is 4.39 Å². The fourth-order valence-corrected chi connectivity index (χ4v) is 1.60. The molecule has 0 fully saturated rings. The topological polar surface area (TPSA) is 21.3 Å². The molecule has 0 amide bonds. The van der Waals surface area contributed by atoms with Crippen molar-refractivity contribution in [1.29, 1.82) is 0 Å². The number of ether oxygens (including phenoxy) is 1. The smallest absolute Gasteiger partial charge is 0.141 e. The number of nitrogens with one attached hydrogen (secondary N) is 1. The lowest BCUT2D eigenvalue weighted by Gasteiger charge is -2.08. The molecule has 0 saturated heterocycles. The first-order valence-electron chi connectivity index (χ1n) is 4.35. The summed E-state index contributed by atoms with van der Waals surface area (Å²) in [6.45, 7) is 0.811. The van der Waals surface area contributed by atoms with E-state index in [-0.39, 0.29) is 5.82 Å². The third-order valence-electron chi connectivity index (χ3n) is 1.96. The molecule has 0 aromatic heterocycles. The van der Waals surface area contributed by atoms with Crippen LogP contribution in [0.3, 0.4) is 0 Å². The van der Waals surface area contributed by atoms with Crippen molar-refractivity contribution in [3.05, 3.63) is 28.0 Å². The Morgan fingerprint density at radius 3 is 2.79 bits per heavy atom. The summed E-state index contributed by atoms with van der Waals surface area (Å²) in [7, 11) is 3.40. The van der Waals surface area contributed by atoms with E-state index in [9.17, 15) is 4.39 Å². The van der Waals surface area contributed by atoms with Gasteiger partial charge in [-0.05, 0) is 47.6 Å². The molecule has 0 heterocycles. The zero-order valence-electron chi connectivity index (χ0n) is 8.23. The summed E-state index contributed by atoms with van der Waals surface area (Å²) in [6, 6.07) is 3.21. The third-order valence-corrected chi connectivity index (χ3v) is 2.85. The van der Waals surface area contributed by atoms with Crippen molar-refractivity contribution in [1.82, 2.24) is 5.32 Å². The van der Waals surface area contributed by atoms with E-state index < -0.39 is 0 Å². The predicted molar refractivity (Wildman–Crippen MR) is 58.3 cm³/mol. The van der Waals surface area contributed by atoms with E-state index in [1.807, 2.05) is 13.1 Å². The van der Waals surface area contributed by atoms with Crippen molar-refractivity contribution in [2.24, 2.45) is 0 Å². The highest BCUT2D eigenvalue weighted by Crippen LogP contribution is 2.26. The molecule has 1 N–H and O–H groups in total. The summed E-state index contributed by atoms with van der Waals surface area (Å²) in [5.74, 6) is 0.271. The van der Waals surface area contributed by atoms with Crippen molar-refractivity contribution in [3.63, 3.8) is 0 Å². The number of halogens is 2. The molecule has 0 bridgehead atoms. The molecule has 0 spiro atoms. The molecule has 0 unspecified atom stereocenters. The van der Waals surface area contributed by atoms with E-state index in [4.69, 9.17) is 4.74 Å². The maximum absolute atomic E-state index is 13.3. The molecule has 78 valence electrons. The highest BCUT2D eigenvalue weighted by molar-refractivity contribution is 9.10. The van der Waals surface area contributed by atoms with Gasteiger partial charge in [0.05, 0.1) is 11.6 Å². The van der Waals surface area contributed by atoms with Crippen LogP contribution in [-0.2, 0) is 6.42 Å². The van der Waals surface area contributed by atoms with Gasteiger partial charge in [0, 0.05) is 6.07 Å². The lowest BCUT2D eigenvalue weighted by molar-refractivity contribution is 0.410. The Kier molecular flexibility index (Phi) is 4.35. The summed E-state index contributed by atoms with van der Waals surface area (Å²) in [5.41, 5.74) is 0.913. The van der Waals surface area contributed by atoms with E-state index in [0.29, 0.717) is 10.2 Å². The van der Waals surface area contributed by atoms with Crippen LogP contribution in [0.2, 0.25) is 0 Å². The maximum atomic E-state index is 13.3. The Balaban J connectivity index is 2.95. The highest BCUT2D eigenvalue weighted by Gasteiger charge is 2.08. The van der Waals surface area contributed by atoms with Gasteiger partial charge in [0.15, 0.2) is 0 Å². The summed E-state index contributed by atoms with van der Waals surface area (Å²) in [4.78, 5) is 0. The molecule has 2 nitrogen and oxygen atoms in total. The molecule has 1 aromatic carbocycles. The normalized spacial score (nSPS) is 10.3. The maximum Gasteiger partial charge on any atom is 0.141 e. The molecule has 0 aliphatic heterocycles. The first kappa shape index (κ1) is 11.5. The standard InChI is InChI=1S/C10H13BrFNO/c1-13-4-3-7-5-8(14-2)6-9(12)10(7)11/h5-6,13H,3-4H2,1-2H3. The van der Waals surface area contributed by atoms with Crippen molar-refractivity contribution in [2.45, 2.75) is 6.42 Å². The van der Waals surface area contributed by atoms with E-state index in [0.717, 1.165) is 18.5 Å². The molecule has 14 heavy (non-hydrogen) atoms. The number of likely N-dealkylation sites (N-methyl/N-ethyl adjacent to an activating group) is 1. The quantitative estimate of drug-likeness (QED) is 0.899. The molecule has 0 atom stereocenters. The van der Waals surface area contributed by atoms with Crippen LogP contribution in [0.1, 0.15) is 5.56 Å². The van der Waals surface area contributed by atoms with E-state index >= 15 is 0 Å². The fourth-order valence-electron chi connectivity index (χ4n) is 1.18. The summed E-state index contributed by atoms with van der Waals surface area (Å²) in [6.07, 6.45) is 0.769. The van der Waals surface area contributed by atoms with Gasteiger partial charge < -0.3 is 10.1 Å². The second kappa shape index (κ2) is 5.32. The molecule has 0 saturated carbocycles. The van der Waals surface area contributed by atoms with Gasteiger partial charge in [-0.1, -0.05) is 0 Å². The first-order chi connectivity index (χ1) is 6.69. The minimum atomic E-state index is -0.282. The number of benzene rings is 1. The molecular formula is C10H13BrFNO. The average Bonchev–Trinajstić information content (AvgIpc) is 2.20. The molecule has 1 rings (SSSR count). The molecular weight excluding hydrogens is 249 g/mol. The molecule has 1 aromatic rings. The van der Waals surface area contributed by atoms with Crippen LogP contribution in [0.25, 0.3) is 0 Å². The second-order valence-electron chi connectivity index (χ2n) is 2.94. The Labute approximate surface area is 91.6 Å². The van der Waals surface area contributed by atoms with E-state index in [1.165, 1.54) is 13.2 Å². The van der Waals surface area contributed by atoms with Gasteiger partial charge in [0.2, 0.25) is 0 Å². The van der Waals surface area contributed by atoms with Crippen LogP contribution in [0, 0.1) is 5.82 Å². The van der Waals surface area contributed by atoms with Crippen LogP contribution < -0.4 is 10.1 Å². The van der Waals surface area contributed by atoms with Crippen LogP contribution >= 0.6 is 15.9 Å². The zero-order valence-corrected chi connectivity index (χ0v) is 9.82. The van der Waals surface area contributed by atoms with Gasteiger partial charge >= 0.3 is 0 Å². The highest BCUT2D eigenvalue weighted by atomic mass is 79.9. The minimum absolute atomic E-state index is 0.282. The first-order valence-corrected chi connectivity index (χ1v) is 5.15. The van der Waals surface area contributed by atoms with Gasteiger partial charge in [-0.15, -0.1) is 0 Å². The monoisotopic (exact) mass is 261 g/mol. The molecule has 0 aliphatic rings. The van der Waals surface area contributed by atoms with Gasteiger partial charge in [0.1, 0.15) is 11.6 Å². The second-order valence-corrected chi connectivity index (χ2v) is 3.73. The number of hydrogen-bond acceptors (Lipinski definition) is 2. The fraction of sp³-hybridized carbons (Fsp3) is 0.400. The molecule has 0 aliphatic carbocycles. The van der Waals surface area contributed by atoms with Crippen molar-refractivity contribution in [3.8, 4) is 5.75 Å². The Bertz CT molecular complexity index is 317. The van der Waals surface area contributed by atoms with E-state index in [1.54, 1.807) is 0 Å². The van der Waals surface area contributed by atoms with E-state index in [2.05, 4.69) is 21.2 Å². The van der Waals surface area contributed by atoms with Crippen LogP contribution in [0.15, 0.2) is 16.6 Å². The van der Waals surface area contributed by atoms with Crippen molar-refractivity contribution >= 4 is 15.9 Å². The SMILES string of the molecule is CNCCc1cc(OC)cc(F)c1Br. The van der Waals surface area contributed by atoms with Crippen molar-refractivity contribution in [2.75, 3.05) is 20.7 Å². The van der Waals surface area contributed by atoms with Crippen LogP contribution in [0.5, 0.6) is 5.75 Å². The van der Waals surface area contributed by atoms with Gasteiger partial charge in [0.25, 0.3) is 0 Å². The van der Waals surface area contributed by atoms with Crippen LogP contribution in [-0.4, -0.2) is 20.7 Å². The van der Waals surface area contributed by atoms with Gasteiger partial charge in [-0.3, -0.25) is 0 Å². The minimum Gasteiger partial charge on any atom is -0.497 e. The van der Waals surface area contributed by atoms with Crippen molar-refractivity contribution < 1.29 is 9.13 Å². The predicted octanol–water partition coefficient (Wildman–Crippen LogP) is 2.36. The Morgan fingerprint density at radius 1 is 1.50 bits per heavy atom. The molecule has 0 radical (unpaired) electrons. The number of hydrogen-bond donors (Lipinski definition) is 1. The summed E-state index contributed by atoms with van der Waals surface area (Å²) >= 11 is 3.22. The lowest BCUT2D eigenvalue weighted by Crippen LogP contribution is -2.11. The Hall–Kier alpha value is -0.610. The lowest BCUT2D eigenvalue weighted by atomic mass is 10.1. The zero-order chi connectivity index (χ0) is 10.6. The summed E-state index contributed by atoms with van der Waals surface area (Å²) < 4.78 is 18.8. The Morgan fingerprint density at radius 2 is 2.21 bits per heavy atom. The average molecular weight is 262 g/mol. The largest absolute Gasteiger partial charge is 0.497 e. The summed E-state index contributed by atoms with van der Waals surface area (Å²) in [5, 5.41) is 3.02. The molecule has 4 heteroatoms.